The lowest BCUT2D eigenvalue weighted by Gasteiger charge is -2.09. The summed E-state index contributed by atoms with van der Waals surface area (Å²) in [5.74, 6) is 1.64. The van der Waals surface area contributed by atoms with Gasteiger partial charge in [0.05, 0.1) is 12.0 Å². The third-order valence-corrected chi connectivity index (χ3v) is 3.14. The number of rotatable bonds is 6. The molecule has 0 aliphatic carbocycles. The van der Waals surface area contributed by atoms with E-state index in [1.807, 2.05) is 11.4 Å². The summed E-state index contributed by atoms with van der Waals surface area (Å²) in [4.78, 5) is 9.30. The Bertz CT molecular complexity index is 512. The van der Waals surface area contributed by atoms with Gasteiger partial charge in [-0.25, -0.2) is 4.98 Å². The summed E-state index contributed by atoms with van der Waals surface area (Å²) < 4.78 is 5.51. The van der Waals surface area contributed by atoms with Gasteiger partial charge < -0.3 is 15.8 Å². The number of nitrogen functional groups attached to an aromatic ring is 1. The Labute approximate surface area is 110 Å². The van der Waals surface area contributed by atoms with Gasteiger partial charge in [0.1, 0.15) is 10.6 Å². The molecule has 0 radical (unpaired) electrons. The molecule has 0 unspecified atom stereocenters. The van der Waals surface area contributed by atoms with Crippen molar-refractivity contribution in [3.63, 3.8) is 0 Å². The van der Waals surface area contributed by atoms with Gasteiger partial charge in [-0.05, 0) is 17.4 Å². The highest BCUT2D eigenvalue weighted by atomic mass is 32.1. The van der Waals surface area contributed by atoms with Crippen LogP contribution in [-0.4, -0.2) is 29.7 Å². The van der Waals surface area contributed by atoms with Crippen LogP contribution in [0.15, 0.2) is 11.4 Å². The van der Waals surface area contributed by atoms with E-state index in [-0.39, 0.29) is 0 Å². The van der Waals surface area contributed by atoms with Crippen LogP contribution in [0.5, 0.6) is 0 Å². The third kappa shape index (κ3) is 3.30. The number of hydrogen-bond acceptors (Lipinski definition) is 6. The van der Waals surface area contributed by atoms with E-state index in [2.05, 4.69) is 29.1 Å². The van der Waals surface area contributed by atoms with E-state index in [1.54, 1.807) is 11.3 Å². The number of nitrogens with zero attached hydrogens (tertiary/aromatic N) is 2. The fraction of sp³-hybridized carbons (Fsp3) is 0.500. The molecule has 5 nitrogen and oxygen atoms in total. The Morgan fingerprint density at radius 3 is 3.06 bits per heavy atom. The van der Waals surface area contributed by atoms with Gasteiger partial charge in [-0.3, -0.25) is 0 Å². The van der Waals surface area contributed by atoms with Crippen molar-refractivity contribution in [2.75, 3.05) is 30.8 Å². The molecule has 0 saturated carbocycles. The van der Waals surface area contributed by atoms with Gasteiger partial charge in [-0.2, -0.15) is 4.98 Å². The molecule has 0 aliphatic heterocycles. The molecule has 2 heterocycles. The first-order valence-corrected chi connectivity index (χ1v) is 6.87. The maximum Gasteiger partial charge on any atom is 0.223 e. The zero-order valence-corrected chi connectivity index (χ0v) is 11.5. The van der Waals surface area contributed by atoms with Gasteiger partial charge in [0, 0.05) is 13.2 Å². The molecule has 98 valence electrons. The number of aromatic nitrogens is 2. The molecule has 2 rings (SSSR count). The van der Waals surface area contributed by atoms with Crippen LogP contribution < -0.4 is 11.1 Å². The van der Waals surface area contributed by atoms with Crippen LogP contribution in [0.2, 0.25) is 0 Å². The van der Waals surface area contributed by atoms with Crippen molar-refractivity contribution < 1.29 is 4.74 Å². The average Bonchev–Trinajstić information content (AvgIpc) is 2.75. The predicted octanol–water partition coefficient (Wildman–Crippen LogP) is 2.36. The van der Waals surface area contributed by atoms with Crippen molar-refractivity contribution in [1.29, 1.82) is 0 Å². The minimum atomic E-state index is 0.301. The normalized spacial score (nSPS) is 11.3. The molecule has 0 fully saturated rings. The molecule has 2 aromatic heterocycles. The van der Waals surface area contributed by atoms with Crippen LogP contribution in [0.3, 0.4) is 0 Å². The van der Waals surface area contributed by atoms with Gasteiger partial charge in [0.25, 0.3) is 0 Å². The van der Waals surface area contributed by atoms with E-state index in [1.165, 1.54) is 0 Å². The summed E-state index contributed by atoms with van der Waals surface area (Å²) >= 11 is 1.56. The monoisotopic (exact) mass is 266 g/mol. The van der Waals surface area contributed by atoms with Crippen LogP contribution >= 0.6 is 11.3 Å². The quantitative estimate of drug-likeness (QED) is 0.785. The molecule has 0 aromatic carbocycles. The first-order valence-electron chi connectivity index (χ1n) is 5.99. The molecule has 0 amide bonds. The zero-order chi connectivity index (χ0) is 13.0. The van der Waals surface area contributed by atoms with E-state index in [9.17, 15) is 0 Å². The molecule has 6 heteroatoms. The molecule has 0 atom stereocenters. The van der Waals surface area contributed by atoms with Crippen molar-refractivity contribution in [2.45, 2.75) is 13.8 Å². The van der Waals surface area contributed by atoms with Crippen molar-refractivity contribution in [1.82, 2.24) is 9.97 Å². The predicted molar refractivity (Wildman–Crippen MR) is 76.0 cm³/mol. The molecular formula is C12H18N4OS. The molecule has 2 aromatic rings. The largest absolute Gasteiger partial charge is 0.379 e. The highest BCUT2D eigenvalue weighted by Crippen LogP contribution is 2.25. The van der Waals surface area contributed by atoms with Gasteiger partial charge in [0.2, 0.25) is 5.95 Å². The van der Waals surface area contributed by atoms with Crippen LogP contribution in [0, 0.1) is 5.92 Å². The van der Waals surface area contributed by atoms with Crippen molar-refractivity contribution >= 4 is 33.3 Å². The van der Waals surface area contributed by atoms with Crippen molar-refractivity contribution in [3.8, 4) is 0 Å². The minimum absolute atomic E-state index is 0.301. The molecule has 0 spiro atoms. The number of ether oxygens (including phenoxy) is 1. The van der Waals surface area contributed by atoms with E-state index < -0.39 is 0 Å². The van der Waals surface area contributed by atoms with E-state index in [0.717, 1.165) is 22.6 Å². The lowest BCUT2D eigenvalue weighted by atomic mass is 10.2. The Morgan fingerprint density at radius 2 is 2.28 bits per heavy atom. The SMILES string of the molecule is CC(C)COCCNc1nc(N)nc2sccc12. The Kier molecular flexibility index (Phi) is 4.33. The number of fused-ring (bicyclic) bond motifs is 1. The number of nitrogens with one attached hydrogen (secondary N) is 1. The van der Waals surface area contributed by atoms with E-state index in [0.29, 0.717) is 25.0 Å². The van der Waals surface area contributed by atoms with Crippen LogP contribution in [0.4, 0.5) is 11.8 Å². The maximum absolute atomic E-state index is 5.67. The van der Waals surface area contributed by atoms with Crippen LogP contribution in [-0.2, 0) is 4.74 Å². The van der Waals surface area contributed by atoms with E-state index >= 15 is 0 Å². The van der Waals surface area contributed by atoms with Crippen LogP contribution in [0.1, 0.15) is 13.8 Å². The topological polar surface area (TPSA) is 73.1 Å². The Hall–Kier alpha value is -1.40. The van der Waals surface area contributed by atoms with Crippen molar-refractivity contribution in [2.24, 2.45) is 5.92 Å². The molecule has 18 heavy (non-hydrogen) atoms. The summed E-state index contributed by atoms with van der Waals surface area (Å²) in [6.45, 7) is 6.42. The fourth-order valence-corrected chi connectivity index (χ4v) is 2.34. The number of thiophene rings is 1. The molecule has 0 bridgehead atoms. The first-order chi connectivity index (χ1) is 8.66. The molecule has 0 aliphatic rings. The molecule has 0 saturated heterocycles. The zero-order valence-electron chi connectivity index (χ0n) is 10.6. The second kappa shape index (κ2) is 5.97. The molecular weight excluding hydrogens is 248 g/mol. The summed E-state index contributed by atoms with van der Waals surface area (Å²) in [5.41, 5.74) is 5.67. The highest BCUT2D eigenvalue weighted by Gasteiger charge is 2.06. The minimum Gasteiger partial charge on any atom is -0.379 e. The smallest absolute Gasteiger partial charge is 0.223 e. The van der Waals surface area contributed by atoms with Gasteiger partial charge in [-0.1, -0.05) is 13.8 Å². The average molecular weight is 266 g/mol. The fourth-order valence-electron chi connectivity index (χ4n) is 1.57. The second-order valence-corrected chi connectivity index (χ2v) is 5.36. The van der Waals surface area contributed by atoms with Gasteiger partial charge in [0.15, 0.2) is 0 Å². The summed E-state index contributed by atoms with van der Waals surface area (Å²) in [6, 6.07) is 2.00. The van der Waals surface area contributed by atoms with Gasteiger partial charge >= 0.3 is 0 Å². The maximum atomic E-state index is 5.67. The number of anilines is 2. The Morgan fingerprint density at radius 1 is 1.44 bits per heavy atom. The summed E-state index contributed by atoms with van der Waals surface area (Å²) in [7, 11) is 0. The lowest BCUT2D eigenvalue weighted by molar-refractivity contribution is 0.118. The molecule has 3 N–H and O–H groups in total. The van der Waals surface area contributed by atoms with Crippen molar-refractivity contribution in [3.05, 3.63) is 11.4 Å². The number of hydrogen-bond donors (Lipinski definition) is 2. The van der Waals surface area contributed by atoms with E-state index in [4.69, 9.17) is 10.5 Å². The summed E-state index contributed by atoms with van der Waals surface area (Å²) in [6.07, 6.45) is 0. The standard InChI is InChI=1S/C12H18N4OS/c1-8(2)7-17-5-4-14-10-9-3-6-18-11(9)16-12(13)15-10/h3,6,8H,4-5,7H2,1-2H3,(H3,13,14,15,16). The lowest BCUT2D eigenvalue weighted by Crippen LogP contribution is -2.13. The highest BCUT2D eigenvalue weighted by molar-refractivity contribution is 7.16. The van der Waals surface area contributed by atoms with Gasteiger partial charge in [-0.15, -0.1) is 11.3 Å². The second-order valence-electron chi connectivity index (χ2n) is 4.47. The number of nitrogens with two attached hydrogens (primary N) is 1. The Balaban J connectivity index is 1.93. The summed E-state index contributed by atoms with van der Waals surface area (Å²) in [5, 5.41) is 6.24. The first kappa shape index (κ1) is 13.0. The van der Waals surface area contributed by atoms with Crippen LogP contribution in [0.25, 0.3) is 10.2 Å². The third-order valence-electron chi connectivity index (χ3n) is 2.33.